The van der Waals surface area contributed by atoms with Crippen molar-refractivity contribution in [3.63, 3.8) is 0 Å². The first-order chi connectivity index (χ1) is 8.18. The van der Waals surface area contributed by atoms with Gasteiger partial charge >= 0.3 is 0 Å². The van der Waals surface area contributed by atoms with Gasteiger partial charge in [-0.2, -0.15) is 0 Å². The van der Waals surface area contributed by atoms with Gasteiger partial charge in [0.05, 0.1) is 0 Å². The summed E-state index contributed by atoms with van der Waals surface area (Å²) in [6, 6.07) is 12.8. The van der Waals surface area contributed by atoms with E-state index in [1.54, 1.807) is 11.3 Å². The quantitative estimate of drug-likeness (QED) is 0.836. The zero-order valence-electron chi connectivity index (χ0n) is 9.98. The first-order valence-corrected chi connectivity index (χ1v) is 6.98. The summed E-state index contributed by atoms with van der Waals surface area (Å²) in [5, 5.41) is 6.50. The van der Waals surface area contributed by atoms with Crippen LogP contribution in [-0.4, -0.2) is 0 Å². The van der Waals surface area contributed by atoms with Crippen LogP contribution in [0.4, 0.5) is 0 Å². The summed E-state index contributed by atoms with van der Waals surface area (Å²) in [4.78, 5) is 1.35. The van der Waals surface area contributed by atoms with Gasteiger partial charge in [-0.3, -0.25) is 0 Å². The highest BCUT2D eigenvalue weighted by Crippen LogP contribution is 2.26. The summed E-state index contributed by atoms with van der Waals surface area (Å²) < 4.78 is 0. The second-order valence-electron chi connectivity index (χ2n) is 4.15. The van der Waals surface area contributed by atoms with E-state index in [9.17, 15) is 0 Å². The summed E-state index contributed by atoms with van der Waals surface area (Å²) in [5.74, 6) is 0. The minimum atomic E-state index is 0.251. The van der Waals surface area contributed by atoms with Gasteiger partial charge in [0.2, 0.25) is 0 Å². The summed E-state index contributed by atoms with van der Waals surface area (Å²) >= 11 is 7.97. The molecule has 17 heavy (non-hydrogen) atoms. The van der Waals surface area contributed by atoms with Gasteiger partial charge in [-0.15, -0.1) is 11.3 Å². The van der Waals surface area contributed by atoms with Crippen molar-refractivity contribution in [2.75, 3.05) is 0 Å². The van der Waals surface area contributed by atoms with Crippen LogP contribution in [0.3, 0.4) is 0 Å². The average Bonchev–Trinajstić information content (AvgIpc) is 2.82. The number of benzene rings is 1. The zero-order chi connectivity index (χ0) is 12.3. The van der Waals surface area contributed by atoms with Crippen LogP contribution in [0, 0.1) is 0 Å². The summed E-state index contributed by atoms with van der Waals surface area (Å²) in [5.41, 5.74) is 1.15. The van der Waals surface area contributed by atoms with E-state index in [1.165, 1.54) is 4.88 Å². The maximum Gasteiger partial charge on any atom is 0.0453 e. The highest BCUT2D eigenvalue weighted by atomic mass is 35.5. The number of hydrogen-bond donors (Lipinski definition) is 1. The molecule has 1 heterocycles. The lowest BCUT2D eigenvalue weighted by atomic mass is 10.1. The summed E-state index contributed by atoms with van der Waals surface area (Å²) in [6.07, 6.45) is 0. The molecule has 0 spiro atoms. The first kappa shape index (κ1) is 12.6. The topological polar surface area (TPSA) is 12.0 Å². The van der Waals surface area contributed by atoms with E-state index in [4.69, 9.17) is 11.6 Å². The Labute approximate surface area is 111 Å². The molecule has 1 N–H and O–H groups in total. The van der Waals surface area contributed by atoms with Crippen molar-refractivity contribution >= 4 is 22.9 Å². The monoisotopic (exact) mass is 265 g/mol. The highest BCUT2D eigenvalue weighted by molar-refractivity contribution is 7.10. The van der Waals surface area contributed by atoms with E-state index in [0.29, 0.717) is 6.04 Å². The fourth-order valence-corrected chi connectivity index (χ4v) is 2.95. The van der Waals surface area contributed by atoms with Crippen LogP contribution in [-0.2, 0) is 0 Å². The van der Waals surface area contributed by atoms with Crippen LogP contribution in [0.2, 0.25) is 5.02 Å². The number of thiophene rings is 1. The molecule has 2 atom stereocenters. The minimum Gasteiger partial charge on any atom is -0.303 e. The van der Waals surface area contributed by atoms with Crippen molar-refractivity contribution in [1.82, 2.24) is 5.32 Å². The molecule has 0 aliphatic rings. The molecule has 0 saturated heterocycles. The molecular formula is C14H16ClNS. The van der Waals surface area contributed by atoms with Crippen LogP contribution in [0.1, 0.15) is 36.4 Å². The molecule has 0 aliphatic heterocycles. The van der Waals surface area contributed by atoms with Gasteiger partial charge in [0.1, 0.15) is 0 Å². The van der Waals surface area contributed by atoms with Crippen LogP contribution >= 0.6 is 22.9 Å². The van der Waals surface area contributed by atoms with Crippen molar-refractivity contribution < 1.29 is 0 Å². The lowest BCUT2D eigenvalue weighted by molar-refractivity contribution is 0.500. The Balaban J connectivity index is 2.07. The third kappa shape index (κ3) is 3.09. The molecule has 2 aromatic rings. The fourth-order valence-electron chi connectivity index (χ4n) is 1.91. The lowest BCUT2D eigenvalue weighted by Gasteiger charge is -2.20. The maximum atomic E-state index is 6.19. The van der Waals surface area contributed by atoms with E-state index in [-0.39, 0.29) is 6.04 Å². The molecule has 0 fully saturated rings. The molecule has 0 radical (unpaired) electrons. The van der Waals surface area contributed by atoms with Gasteiger partial charge in [-0.1, -0.05) is 35.9 Å². The maximum absolute atomic E-state index is 6.19. The van der Waals surface area contributed by atoms with Crippen LogP contribution in [0.5, 0.6) is 0 Å². The lowest BCUT2D eigenvalue weighted by Crippen LogP contribution is -2.22. The Bertz CT molecular complexity index is 467. The van der Waals surface area contributed by atoms with Crippen molar-refractivity contribution in [3.8, 4) is 0 Å². The molecule has 0 aliphatic carbocycles. The Hall–Kier alpha value is -0.830. The molecule has 3 heteroatoms. The van der Waals surface area contributed by atoms with Gasteiger partial charge in [-0.05, 0) is 36.9 Å². The molecule has 2 unspecified atom stereocenters. The third-order valence-corrected chi connectivity index (χ3v) is 4.24. The zero-order valence-corrected chi connectivity index (χ0v) is 11.6. The number of nitrogens with one attached hydrogen (secondary N) is 1. The van der Waals surface area contributed by atoms with E-state index in [2.05, 4.69) is 42.7 Å². The second kappa shape index (κ2) is 5.67. The molecule has 1 nitrogen and oxygen atoms in total. The largest absolute Gasteiger partial charge is 0.303 e. The Morgan fingerprint density at radius 1 is 1.06 bits per heavy atom. The van der Waals surface area contributed by atoms with Gasteiger partial charge < -0.3 is 5.32 Å². The molecule has 2 rings (SSSR count). The van der Waals surface area contributed by atoms with Crippen molar-refractivity contribution in [2.24, 2.45) is 0 Å². The summed E-state index contributed by atoms with van der Waals surface area (Å²) in [6.45, 7) is 4.32. The van der Waals surface area contributed by atoms with E-state index >= 15 is 0 Å². The van der Waals surface area contributed by atoms with Crippen molar-refractivity contribution in [3.05, 3.63) is 57.2 Å². The third-order valence-electron chi connectivity index (χ3n) is 2.84. The van der Waals surface area contributed by atoms with Gasteiger partial charge in [0.15, 0.2) is 0 Å². The highest BCUT2D eigenvalue weighted by Gasteiger charge is 2.13. The number of rotatable bonds is 4. The predicted molar refractivity (Wildman–Crippen MR) is 75.7 cm³/mol. The van der Waals surface area contributed by atoms with E-state index in [0.717, 1.165) is 10.6 Å². The molecule has 1 aromatic carbocycles. The molecule has 0 saturated carbocycles. The van der Waals surface area contributed by atoms with Crippen LogP contribution < -0.4 is 5.32 Å². The number of halogens is 1. The SMILES string of the molecule is CC(NC(C)c1ccccc1Cl)c1cccs1. The molecule has 0 amide bonds. The first-order valence-electron chi connectivity index (χ1n) is 5.72. The van der Waals surface area contributed by atoms with Crippen LogP contribution in [0.25, 0.3) is 0 Å². The average molecular weight is 266 g/mol. The predicted octanol–water partition coefficient (Wildman–Crippen LogP) is 4.81. The Morgan fingerprint density at radius 2 is 1.82 bits per heavy atom. The second-order valence-corrected chi connectivity index (χ2v) is 5.53. The molecular weight excluding hydrogens is 250 g/mol. The Morgan fingerprint density at radius 3 is 2.47 bits per heavy atom. The molecule has 0 bridgehead atoms. The normalized spacial score (nSPS) is 14.5. The van der Waals surface area contributed by atoms with Gasteiger partial charge in [-0.25, -0.2) is 0 Å². The molecule has 1 aromatic heterocycles. The van der Waals surface area contributed by atoms with Crippen molar-refractivity contribution in [1.29, 1.82) is 0 Å². The van der Waals surface area contributed by atoms with E-state index < -0.39 is 0 Å². The fraction of sp³-hybridized carbons (Fsp3) is 0.286. The summed E-state index contributed by atoms with van der Waals surface area (Å²) in [7, 11) is 0. The smallest absolute Gasteiger partial charge is 0.0453 e. The molecule has 90 valence electrons. The van der Waals surface area contributed by atoms with Gasteiger partial charge in [0.25, 0.3) is 0 Å². The van der Waals surface area contributed by atoms with Crippen molar-refractivity contribution in [2.45, 2.75) is 25.9 Å². The standard InChI is InChI=1S/C14H16ClNS/c1-10(12-6-3-4-7-13(12)15)16-11(2)14-8-5-9-17-14/h3-11,16H,1-2H3. The van der Waals surface area contributed by atoms with Gasteiger partial charge in [0, 0.05) is 22.0 Å². The van der Waals surface area contributed by atoms with Crippen LogP contribution in [0.15, 0.2) is 41.8 Å². The van der Waals surface area contributed by atoms with E-state index in [1.807, 2.05) is 18.2 Å². The minimum absolute atomic E-state index is 0.251. The Kier molecular flexibility index (Phi) is 4.21. The number of hydrogen-bond acceptors (Lipinski definition) is 2.